The minimum Gasteiger partial charge on any atom is -0.320 e. The molecule has 202 valence electrons. The Morgan fingerprint density at radius 2 is 1.62 bits per heavy atom. The van der Waals surface area contributed by atoms with Crippen molar-refractivity contribution < 1.29 is 18.0 Å². The molecule has 2 amide bonds. The molecule has 1 aliphatic heterocycles. The van der Waals surface area contributed by atoms with Gasteiger partial charge in [-0.05, 0) is 36.4 Å². The van der Waals surface area contributed by atoms with Gasteiger partial charge in [-0.2, -0.15) is 18.3 Å². The van der Waals surface area contributed by atoms with Crippen molar-refractivity contribution in [2.45, 2.75) is 25.7 Å². The Morgan fingerprint density at radius 3 is 2.33 bits per heavy atom. The number of hydrogen-bond donors (Lipinski definition) is 1. The molecule has 0 unspecified atom stereocenters. The first-order chi connectivity index (χ1) is 19.3. The summed E-state index contributed by atoms with van der Waals surface area (Å²) in [6, 6.07) is 23.7. The quantitative estimate of drug-likeness (QED) is 0.304. The Labute approximate surface area is 227 Å². The number of alkyl halides is 3. The summed E-state index contributed by atoms with van der Waals surface area (Å²) in [5.41, 5.74) is 4.79. The molecule has 1 N–H and O–H groups in total. The molecule has 5 aromatic rings. The van der Waals surface area contributed by atoms with Gasteiger partial charge < -0.3 is 10.2 Å². The normalized spacial score (nSPS) is 13.2. The minimum atomic E-state index is -4.40. The van der Waals surface area contributed by atoms with Gasteiger partial charge in [-0.15, -0.1) is 5.10 Å². The minimum absolute atomic E-state index is 0.178. The van der Waals surface area contributed by atoms with Crippen LogP contribution >= 0.6 is 0 Å². The first-order valence-corrected chi connectivity index (χ1v) is 12.7. The molecular formula is C29H24F3N7O. The summed E-state index contributed by atoms with van der Waals surface area (Å²) >= 11 is 0. The lowest BCUT2D eigenvalue weighted by atomic mass is 10.0. The van der Waals surface area contributed by atoms with E-state index in [2.05, 4.69) is 15.6 Å². The number of amides is 2. The van der Waals surface area contributed by atoms with Gasteiger partial charge in [0.1, 0.15) is 5.69 Å². The van der Waals surface area contributed by atoms with Crippen molar-refractivity contribution in [3.63, 3.8) is 0 Å². The van der Waals surface area contributed by atoms with Gasteiger partial charge in [0.05, 0.1) is 36.2 Å². The van der Waals surface area contributed by atoms with Crippen molar-refractivity contribution >= 4 is 11.7 Å². The zero-order valence-electron chi connectivity index (χ0n) is 21.2. The molecule has 0 radical (unpaired) electrons. The molecule has 0 atom stereocenters. The summed E-state index contributed by atoms with van der Waals surface area (Å²) in [4.78, 5) is 14.8. The molecule has 11 heteroatoms. The highest BCUT2D eigenvalue weighted by Gasteiger charge is 2.30. The number of nitrogens with one attached hydrogen (secondary N) is 1. The van der Waals surface area contributed by atoms with Crippen LogP contribution in [0.15, 0.2) is 91.1 Å². The van der Waals surface area contributed by atoms with Crippen molar-refractivity contribution in [2.24, 2.45) is 0 Å². The first kappa shape index (κ1) is 25.4. The third kappa shape index (κ3) is 5.18. The number of para-hydroxylation sites is 1. The molecular weight excluding hydrogens is 519 g/mol. The van der Waals surface area contributed by atoms with Crippen molar-refractivity contribution in [3.8, 4) is 16.9 Å². The molecule has 0 fully saturated rings. The number of fused-ring (bicyclic) bond motifs is 1. The van der Waals surface area contributed by atoms with Crippen LogP contribution in [0.4, 0.5) is 23.7 Å². The highest BCUT2D eigenvalue weighted by Crippen LogP contribution is 2.31. The van der Waals surface area contributed by atoms with Gasteiger partial charge in [0, 0.05) is 35.5 Å². The summed E-state index contributed by atoms with van der Waals surface area (Å²) in [5, 5.41) is 16.2. The van der Waals surface area contributed by atoms with E-state index in [-0.39, 0.29) is 6.03 Å². The monoisotopic (exact) mass is 543 g/mol. The number of urea groups is 1. The molecule has 40 heavy (non-hydrogen) atoms. The van der Waals surface area contributed by atoms with E-state index in [1.165, 1.54) is 16.8 Å². The largest absolute Gasteiger partial charge is 0.416 e. The molecule has 0 saturated carbocycles. The van der Waals surface area contributed by atoms with E-state index in [4.69, 9.17) is 5.10 Å². The Hall–Kier alpha value is -4.93. The third-order valence-electron chi connectivity index (χ3n) is 6.81. The molecule has 0 aliphatic carbocycles. The number of carbonyl (C=O) groups is 1. The SMILES string of the molecule is O=C(Nc1ccccc1)N1CCc2c(c(-c3ccccc3)nn2Cc2cn(-c3ccc(C(F)(F)F)cc3)nn2)C1. The molecule has 2 aromatic heterocycles. The molecule has 1 aliphatic rings. The Bertz CT molecular complexity index is 1630. The van der Waals surface area contributed by atoms with Gasteiger partial charge in [-0.3, -0.25) is 4.68 Å². The van der Waals surface area contributed by atoms with Crippen LogP contribution in [0.5, 0.6) is 0 Å². The first-order valence-electron chi connectivity index (χ1n) is 12.7. The molecule has 3 aromatic carbocycles. The summed E-state index contributed by atoms with van der Waals surface area (Å²) < 4.78 is 42.1. The lowest BCUT2D eigenvalue weighted by Crippen LogP contribution is -2.39. The van der Waals surface area contributed by atoms with Crippen LogP contribution in [0.2, 0.25) is 0 Å². The van der Waals surface area contributed by atoms with Gasteiger partial charge in [0.15, 0.2) is 0 Å². The standard InChI is InChI=1S/C29H24F3N7O/c30-29(31,32)21-11-13-24(14-12-21)38-17-23(34-36-38)18-39-26-15-16-37(28(40)33-22-9-5-2-6-10-22)19-25(26)27(35-39)20-7-3-1-4-8-20/h1-14,17H,15-16,18-19H2,(H,33,40). The second-order valence-corrected chi connectivity index (χ2v) is 9.46. The zero-order valence-corrected chi connectivity index (χ0v) is 21.2. The Balaban J connectivity index is 1.26. The zero-order chi connectivity index (χ0) is 27.7. The second kappa shape index (κ2) is 10.3. The van der Waals surface area contributed by atoms with Crippen LogP contribution in [0.3, 0.4) is 0 Å². The van der Waals surface area contributed by atoms with E-state index in [0.717, 1.165) is 40.3 Å². The second-order valence-electron chi connectivity index (χ2n) is 9.46. The summed E-state index contributed by atoms with van der Waals surface area (Å²) in [6.07, 6.45) is -2.12. The average molecular weight is 544 g/mol. The lowest BCUT2D eigenvalue weighted by Gasteiger charge is -2.28. The predicted octanol–water partition coefficient (Wildman–Crippen LogP) is 5.79. The maximum atomic E-state index is 13.0. The molecule has 0 spiro atoms. The van der Waals surface area contributed by atoms with Crippen molar-refractivity contribution in [1.82, 2.24) is 29.7 Å². The van der Waals surface area contributed by atoms with E-state index in [1.807, 2.05) is 65.3 Å². The number of benzene rings is 3. The Kier molecular flexibility index (Phi) is 6.54. The molecule has 3 heterocycles. The van der Waals surface area contributed by atoms with Crippen molar-refractivity contribution in [1.29, 1.82) is 0 Å². The maximum Gasteiger partial charge on any atom is 0.416 e. The molecule has 6 rings (SSSR count). The number of nitrogens with zero attached hydrogens (tertiary/aromatic N) is 6. The number of hydrogen-bond acceptors (Lipinski definition) is 4. The molecule has 0 saturated heterocycles. The predicted molar refractivity (Wildman–Crippen MR) is 143 cm³/mol. The van der Waals surface area contributed by atoms with Crippen molar-refractivity contribution in [3.05, 3.63) is 114 Å². The van der Waals surface area contributed by atoms with E-state index < -0.39 is 11.7 Å². The van der Waals surface area contributed by atoms with Crippen molar-refractivity contribution in [2.75, 3.05) is 11.9 Å². The fourth-order valence-corrected chi connectivity index (χ4v) is 4.80. The molecule has 8 nitrogen and oxygen atoms in total. The number of anilines is 1. The van der Waals surface area contributed by atoms with Crippen LogP contribution in [0.1, 0.15) is 22.5 Å². The average Bonchev–Trinajstić information content (AvgIpc) is 3.58. The number of halogens is 3. The van der Waals surface area contributed by atoms with Gasteiger partial charge in [0.25, 0.3) is 0 Å². The fraction of sp³-hybridized carbons (Fsp3) is 0.172. The van der Waals surface area contributed by atoms with Crippen LogP contribution in [-0.4, -0.2) is 42.3 Å². The number of carbonyl (C=O) groups excluding carboxylic acids is 1. The van der Waals surface area contributed by atoms with Crippen LogP contribution in [0, 0.1) is 0 Å². The van der Waals surface area contributed by atoms with Crippen LogP contribution in [0.25, 0.3) is 16.9 Å². The fourth-order valence-electron chi connectivity index (χ4n) is 4.80. The van der Waals surface area contributed by atoms with E-state index in [9.17, 15) is 18.0 Å². The van der Waals surface area contributed by atoms with Gasteiger partial charge in [-0.25, -0.2) is 9.48 Å². The number of aromatic nitrogens is 5. The summed E-state index contributed by atoms with van der Waals surface area (Å²) in [6.45, 7) is 1.24. The van der Waals surface area contributed by atoms with Gasteiger partial charge in [-0.1, -0.05) is 53.7 Å². The number of rotatable bonds is 5. The summed E-state index contributed by atoms with van der Waals surface area (Å²) in [5.74, 6) is 0. The highest BCUT2D eigenvalue weighted by atomic mass is 19.4. The highest BCUT2D eigenvalue weighted by molar-refractivity contribution is 5.89. The smallest absolute Gasteiger partial charge is 0.320 e. The van der Waals surface area contributed by atoms with E-state index in [0.29, 0.717) is 37.4 Å². The molecule has 0 bridgehead atoms. The summed E-state index contributed by atoms with van der Waals surface area (Å²) in [7, 11) is 0. The van der Waals surface area contributed by atoms with E-state index >= 15 is 0 Å². The topological polar surface area (TPSA) is 80.9 Å². The third-order valence-corrected chi connectivity index (χ3v) is 6.81. The lowest BCUT2D eigenvalue weighted by molar-refractivity contribution is -0.137. The van der Waals surface area contributed by atoms with Gasteiger partial charge >= 0.3 is 12.2 Å². The Morgan fingerprint density at radius 1 is 0.925 bits per heavy atom. The van der Waals surface area contributed by atoms with Crippen LogP contribution < -0.4 is 5.32 Å². The van der Waals surface area contributed by atoms with Crippen LogP contribution in [-0.2, 0) is 25.7 Å². The maximum absolute atomic E-state index is 13.0. The van der Waals surface area contributed by atoms with Gasteiger partial charge in [0.2, 0.25) is 0 Å². The van der Waals surface area contributed by atoms with E-state index in [1.54, 1.807) is 11.1 Å².